The van der Waals surface area contributed by atoms with Crippen molar-refractivity contribution in [3.8, 4) is 5.75 Å². The lowest BCUT2D eigenvalue weighted by Crippen LogP contribution is -2.16. The Hall–Kier alpha value is -0.970. The van der Waals surface area contributed by atoms with Crippen molar-refractivity contribution in [3.63, 3.8) is 0 Å². The SMILES string of the molecule is COCCCNCc1cc(Cl)ccc1OCc1ccc(Cl)c(Cl)c1. The molecule has 24 heavy (non-hydrogen) atoms. The summed E-state index contributed by atoms with van der Waals surface area (Å²) in [5.41, 5.74) is 1.97. The second-order valence-electron chi connectivity index (χ2n) is 5.31. The van der Waals surface area contributed by atoms with E-state index in [1.165, 1.54) is 0 Å². The molecule has 0 saturated carbocycles. The number of nitrogens with one attached hydrogen (secondary N) is 1. The third-order valence-corrected chi connectivity index (χ3v) is 4.39. The molecule has 130 valence electrons. The van der Waals surface area contributed by atoms with Crippen molar-refractivity contribution >= 4 is 34.8 Å². The van der Waals surface area contributed by atoms with Gasteiger partial charge in [-0.2, -0.15) is 0 Å². The topological polar surface area (TPSA) is 30.5 Å². The molecule has 6 heteroatoms. The minimum Gasteiger partial charge on any atom is -0.489 e. The summed E-state index contributed by atoms with van der Waals surface area (Å²) in [6, 6.07) is 11.1. The Morgan fingerprint density at radius 2 is 1.83 bits per heavy atom. The molecule has 0 aliphatic rings. The quantitative estimate of drug-likeness (QED) is 0.587. The van der Waals surface area contributed by atoms with Crippen LogP contribution in [-0.4, -0.2) is 20.3 Å². The molecule has 2 rings (SSSR count). The maximum Gasteiger partial charge on any atom is 0.124 e. The van der Waals surface area contributed by atoms with Gasteiger partial charge in [0.25, 0.3) is 0 Å². The fraction of sp³-hybridized carbons (Fsp3) is 0.333. The molecular weight excluding hydrogens is 369 g/mol. The molecule has 2 aromatic carbocycles. The van der Waals surface area contributed by atoms with E-state index in [0.717, 1.165) is 36.4 Å². The summed E-state index contributed by atoms with van der Waals surface area (Å²) in [5.74, 6) is 0.796. The van der Waals surface area contributed by atoms with Crippen LogP contribution in [0.3, 0.4) is 0 Å². The minimum atomic E-state index is 0.412. The van der Waals surface area contributed by atoms with E-state index < -0.39 is 0 Å². The zero-order valence-corrected chi connectivity index (χ0v) is 15.7. The number of hydrogen-bond acceptors (Lipinski definition) is 3. The lowest BCUT2D eigenvalue weighted by Gasteiger charge is -2.13. The van der Waals surface area contributed by atoms with E-state index in [4.69, 9.17) is 44.3 Å². The monoisotopic (exact) mass is 387 g/mol. The maximum atomic E-state index is 6.10. The van der Waals surface area contributed by atoms with Crippen LogP contribution in [0, 0.1) is 0 Å². The van der Waals surface area contributed by atoms with Gasteiger partial charge in [0.05, 0.1) is 10.0 Å². The summed E-state index contributed by atoms with van der Waals surface area (Å²) in [6.07, 6.45) is 0.955. The van der Waals surface area contributed by atoms with Crippen molar-refractivity contribution in [1.82, 2.24) is 5.32 Å². The third-order valence-electron chi connectivity index (χ3n) is 3.42. The number of ether oxygens (including phenoxy) is 2. The van der Waals surface area contributed by atoms with E-state index in [0.29, 0.717) is 28.2 Å². The van der Waals surface area contributed by atoms with Crippen LogP contribution in [0.1, 0.15) is 17.5 Å². The van der Waals surface area contributed by atoms with Crippen molar-refractivity contribution in [2.45, 2.75) is 19.6 Å². The molecule has 0 aromatic heterocycles. The van der Waals surface area contributed by atoms with E-state index in [-0.39, 0.29) is 0 Å². The van der Waals surface area contributed by atoms with E-state index in [2.05, 4.69) is 5.32 Å². The van der Waals surface area contributed by atoms with Crippen molar-refractivity contribution in [1.29, 1.82) is 0 Å². The van der Waals surface area contributed by atoms with Crippen LogP contribution in [0.15, 0.2) is 36.4 Å². The van der Waals surface area contributed by atoms with Crippen molar-refractivity contribution in [2.75, 3.05) is 20.3 Å². The molecule has 1 N–H and O–H groups in total. The fourth-order valence-electron chi connectivity index (χ4n) is 2.18. The standard InChI is InChI=1S/C18H20Cl3NO2/c1-23-8-2-7-22-11-14-10-15(19)4-6-18(14)24-12-13-3-5-16(20)17(21)9-13/h3-6,9-10,22H,2,7-8,11-12H2,1H3. The second-order valence-corrected chi connectivity index (χ2v) is 6.56. The van der Waals surface area contributed by atoms with Gasteiger partial charge in [0.15, 0.2) is 0 Å². The minimum absolute atomic E-state index is 0.412. The summed E-state index contributed by atoms with van der Waals surface area (Å²) >= 11 is 18.1. The molecule has 0 spiro atoms. The van der Waals surface area contributed by atoms with E-state index in [9.17, 15) is 0 Å². The smallest absolute Gasteiger partial charge is 0.124 e. The Morgan fingerprint density at radius 3 is 2.58 bits per heavy atom. The highest BCUT2D eigenvalue weighted by Crippen LogP contribution is 2.26. The molecule has 0 amide bonds. The first-order valence-electron chi connectivity index (χ1n) is 7.65. The molecule has 3 nitrogen and oxygen atoms in total. The molecular formula is C18H20Cl3NO2. The van der Waals surface area contributed by atoms with Crippen LogP contribution in [0.25, 0.3) is 0 Å². The first kappa shape index (κ1) is 19.4. The van der Waals surface area contributed by atoms with E-state index in [1.54, 1.807) is 13.2 Å². The molecule has 0 unspecified atom stereocenters. The summed E-state index contributed by atoms with van der Waals surface area (Å²) in [6.45, 7) is 2.70. The Kier molecular flexibility index (Phi) is 8.16. The number of hydrogen-bond donors (Lipinski definition) is 1. The Balaban J connectivity index is 1.97. The Morgan fingerprint density at radius 1 is 1.00 bits per heavy atom. The lowest BCUT2D eigenvalue weighted by atomic mass is 10.2. The average molecular weight is 389 g/mol. The summed E-state index contributed by atoms with van der Waals surface area (Å²) in [5, 5.41) is 5.10. The number of benzene rings is 2. The van der Waals surface area contributed by atoms with Gasteiger partial charge in [0, 0.05) is 30.8 Å². The van der Waals surface area contributed by atoms with Crippen molar-refractivity contribution in [2.24, 2.45) is 0 Å². The van der Waals surface area contributed by atoms with Gasteiger partial charge in [0.2, 0.25) is 0 Å². The van der Waals surface area contributed by atoms with Gasteiger partial charge < -0.3 is 14.8 Å². The molecule has 0 atom stereocenters. The average Bonchev–Trinajstić information content (AvgIpc) is 2.57. The van der Waals surface area contributed by atoms with Gasteiger partial charge in [-0.3, -0.25) is 0 Å². The highest BCUT2D eigenvalue weighted by atomic mass is 35.5. The number of methoxy groups -OCH3 is 1. The molecule has 0 fully saturated rings. The molecule has 0 saturated heterocycles. The molecule has 0 bridgehead atoms. The largest absolute Gasteiger partial charge is 0.489 e. The zero-order chi connectivity index (χ0) is 17.4. The molecule has 0 aliphatic carbocycles. The fourth-order valence-corrected chi connectivity index (χ4v) is 2.70. The lowest BCUT2D eigenvalue weighted by molar-refractivity contribution is 0.194. The third kappa shape index (κ3) is 6.15. The van der Waals surface area contributed by atoms with Gasteiger partial charge in [-0.15, -0.1) is 0 Å². The summed E-state index contributed by atoms with van der Waals surface area (Å²) in [7, 11) is 1.70. The molecule has 0 heterocycles. The van der Waals surface area contributed by atoms with Crippen molar-refractivity contribution < 1.29 is 9.47 Å². The van der Waals surface area contributed by atoms with Gasteiger partial charge in [0.1, 0.15) is 12.4 Å². The van der Waals surface area contributed by atoms with Gasteiger partial charge in [-0.05, 0) is 48.9 Å². The van der Waals surface area contributed by atoms with Crippen molar-refractivity contribution in [3.05, 3.63) is 62.6 Å². The molecule has 0 aliphatic heterocycles. The zero-order valence-electron chi connectivity index (χ0n) is 13.5. The van der Waals surface area contributed by atoms with Crippen LogP contribution in [0.2, 0.25) is 15.1 Å². The molecule has 0 radical (unpaired) electrons. The Labute approximate surface area is 157 Å². The second kappa shape index (κ2) is 10.1. The number of halogens is 3. The highest BCUT2D eigenvalue weighted by molar-refractivity contribution is 6.42. The predicted octanol–water partition coefficient (Wildman–Crippen LogP) is 5.35. The number of rotatable bonds is 9. The van der Waals surface area contributed by atoms with Gasteiger partial charge in [-0.1, -0.05) is 40.9 Å². The van der Waals surface area contributed by atoms with E-state index in [1.807, 2.05) is 30.3 Å². The summed E-state index contributed by atoms with van der Waals surface area (Å²) in [4.78, 5) is 0. The first-order chi connectivity index (χ1) is 11.6. The normalized spacial score (nSPS) is 10.8. The van der Waals surface area contributed by atoms with Gasteiger partial charge >= 0.3 is 0 Å². The Bertz CT molecular complexity index is 665. The van der Waals surface area contributed by atoms with Crippen LogP contribution in [0.4, 0.5) is 0 Å². The maximum absolute atomic E-state index is 6.10. The highest BCUT2D eigenvalue weighted by Gasteiger charge is 2.06. The van der Waals surface area contributed by atoms with E-state index >= 15 is 0 Å². The van der Waals surface area contributed by atoms with Gasteiger partial charge in [-0.25, -0.2) is 0 Å². The van der Waals surface area contributed by atoms with Crippen LogP contribution in [0.5, 0.6) is 5.75 Å². The first-order valence-corrected chi connectivity index (χ1v) is 8.78. The predicted molar refractivity (Wildman–Crippen MR) is 100 cm³/mol. The van der Waals surface area contributed by atoms with Crippen LogP contribution in [-0.2, 0) is 17.9 Å². The van der Waals surface area contributed by atoms with Crippen LogP contribution >= 0.6 is 34.8 Å². The molecule has 2 aromatic rings. The van der Waals surface area contributed by atoms with Crippen LogP contribution < -0.4 is 10.1 Å². The summed E-state index contributed by atoms with van der Waals surface area (Å²) < 4.78 is 11.0.